The van der Waals surface area contributed by atoms with Gasteiger partial charge < -0.3 is 4.74 Å². The average Bonchev–Trinajstić information content (AvgIpc) is 2.33. The van der Waals surface area contributed by atoms with Crippen LogP contribution < -0.4 is 4.74 Å². The van der Waals surface area contributed by atoms with Gasteiger partial charge in [0.1, 0.15) is 0 Å². The molecule has 0 aliphatic heterocycles. The van der Waals surface area contributed by atoms with E-state index in [1.165, 1.54) is 16.3 Å². The fourth-order valence-electron chi connectivity index (χ4n) is 1.05. The normalized spacial score (nSPS) is 8.73. The Morgan fingerprint density at radius 3 is 2.60 bits per heavy atom. The zero-order valence-corrected chi connectivity index (χ0v) is 13.5. The van der Waals surface area contributed by atoms with E-state index in [0.29, 0.717) is 0 Å². The Labute approximate surface area is 109 Å². The van der Waals surface area contributed by atoms with E-state index in [2.05, 4.69) is 26.3 Å². The SMILES string of the molecule is C=CCCCCOc1cc[c-]cc1.[Zn+][Br]. The number of hydrogen-bond acceptors (Lipinski definition) is 1. The van der Waals surface area contributed by atoms with E-state index in [-0.39, 0.29) is 0 Å². The topological polar surface area (TPSA) is 9.23 Å². The fraction of sp³-hybridized carbons (Fsp3) is 0.333. The Kier molecular flexibility index (Phi) is 11.8. The summed E-state index contributed by atoms with van der Waals surface area (Å²) >= 11 is 4.25. The third-order valence-electron chi connectivity index (χ3n) is 1.76. The summed E-state index contributed by atoms with van der Waals surface area (Å²) in [5.41, 5.74) is 0. The molecule has 0 bridgehead atoms. The molecule has 0 spiro atoms. The minimum atomic E-state index is 0.790. The van der Waals surface area contributed by atoms with Crippen molar-refractivity contribution in [1.29, 1.82) is 0 Å². The van der Waals surface area contributed by atoms with Gasteiger partial charge in [-0.05, 0) is 19.3 Å². The number of benzene rings is 1. The summed E-state index contributed by atoms with van der Waals surface area (Å²) in [5.74, 6) is 0.928. The quantitative estimate of drug-likeness (QED) is 0.332. The molecule has 0 amide bonds. The molecule has 15 heavy (non-hydrogen) atoms. The van der Waals surface area contributed by atoms with Gasteiger partial charge in [0.05, 0.1) is 6.61 Å². The molecule has 3 heteroatoms. The van der Waals surface area contributed by atoms with E-state index in [0.717, 1.165) is 31.6 Å². The first kappa shape index (κ1) is 14.9. The van der Waals surface area contributed by atoms with Crippen molar-refractivity contribution in [3.63, 3.8) is 0 Å². The Morgan fingerprint density at radius 2 is 2.00 bits per heavy atom. The molecule has 1 nitrogen and oxygen atoms in total. The van der Waals surface area contributed by atoms with Crippen LogP contribution in [-0.4, -0.2) is 6.61 Å². The van der Waals surface area contributed by atoms with Crippen LogP contribution in [-0.2, 0) is 16.3 Å². The first-order chi connectivity index (χ1) is 7.43. The second-order valence-electron chi connectivity index (χ2n) is 2.87. The molecule has 0 atom stereocenters. The Balaban J connectivity index is 0.000000921. The monoisotopic (exact) mass is 318 g/mol. The molecule has 1 aromatic carbocycles. The van der Waals surface area contributed by atoms with Gasteiger partial charge in [0.25, 0.3) is 0 Å². The van der Waals surface area contributed by atoms with Crippen molar-refractivity contribution >= 4 is 13.6 Å². The first-order valence-electron chi connectivity index (χ1n) is 4.90. The van der Waals surface area contributed by atoms with E-state index in [9.17, 15) is 0 Å². The molecule has 0 aromatic heterocycles. The molecular formula is C12H15BrOZn. The van der Waals surface area contributed by atoms with Crippen LogP contribution in [0.4, 0.5) is 0 Å². The van der Waals surface area contributed by atoms with Gasteiger partial charge in [-0.25, -0.2) is 0 Å². The van der Waals surface area contributed by atoms with Crippen LogP contribution in [0.2, 0.25) is 0 Å². The van der Waals surface area contributed by atoms with Crippen LogP contribution in [0.3, 0.4) is 0 Å². The molecule has 0 unspecified atom stereocenters. The molecule has 78 valence electrons. The summed E-state index contributed by atoms with van der Waals surface area (Å²) in [6.45, 7) is 4.46. The van der Waals surface area contributed by atoms with Gasteiger partial charge in [-0.15, -0.1) is 18.7 Å². The zero-order valence-electron chi connectivity index (χ0n) is 8.92. The summed E-state index contributed by atoms with van der Waals surface area (Å²) in [5, 5.41) is 0. The first-order valence-corrected chi connectivity index (χ1v) is 11.8. The Hall–Kier alpha value is -0.137. The summed E-state index contributed by atoms with van der Waals surface area (Å²) in [4.78, 5) is 0. The van der Waals surface area contributed by atoms with Crippen molar-refractivity contribution < 1.29 is 21.1 Å². The second kappa shape index (κ2) is 11.9. The van der Waals surface area contributed by atoms with Crippen molar-refractivity contribution in [2.24, 2.45) is 0 Å². The molecule has 0 aliphatic carbocycles. The minimum absolute atomic E-state index is 0.790. The van der Waals surface area contributed by atoms with Crippen LogP contribution in [0.1, 0.15) is 19.3 Å². The van der Waals surface area contributed by atoms with E-state index in [1.807, 2.05) is 30.3 Å². The van der Waals surface area contributed by atoms with E-state index in [1.54, 1.807) is 0 Å². The van der Waals surface area contributed by atoms with Crippen molar-refractivity contribution in [3.05, 3.63) is 43.0 Å². The van der Waals surface area contributed by atoms with Crippen LogP contribution in [0.5, 0.6) is 5.75 Å². The summed E-state index contributed by atoms with van der Waals surface area (Å²) in [6.07, 6.45) is 5.26. The van der Waals surface area contributed by atoms with Crippen LogP contribution in [0, 0.1) is 6.07 Å². The van der Waals surface area contributed by atoms with Crippen LogP contribution in [0.25, 0.3) is 0 Å². The van der Waals surface area contributed by atoms with Gasteiger partial charge in [-0.1, -0.05) is 6.08 Å². The van der Waals surface area contributed by atoms with Gasteiger partial charge in [-0.2, -0.15) is 18.2 Å². The van der Waals surface area contributed by atoms with Crippen molar-refractivity contribution in [1.82, 2.24) is 0 Å². The van der Waals surface area contributed by atoms with Crippen molar-refractivity contribution in [2.75, 3.05) is 6.61 Å². The summed E-state index contributed by atoms with van der Waals surface area (Å²) in [6, 6.07) is 10.5. The standard InChI is InChI=1S/C12H15O.BrH.Zn/c1-2-3-4-8-11-13-12-9-6-5-7-10-12;;/h2,6-7,9-10H,1,3-4,8,11H2;1H;/q-1;;+2/p-1. The predicted octanol–water partition coefficient (Wildman–Crippen LogP) is 4.06. The van der Waals surface area contributed by atoms with Gasteiger partial charge in [0.2, 0.25) is 0 Å². The number of ether oxygens (including phenoxy) is 1. The third kappa shape index (κ3) is 8.83. The van der Waals surface area contributed by atoms with Gasteiger partial charge in [0, 0.05) is 5.75 Å². The molecule has 1 aromatic rings. The van der Waals surface area contributed by atoms with Crippen molar-refractivity contribution in [2.45, 2.75) is 19.3 Å². The van der Waals surface area contributed by atoms with Crippen LogP contribution in [0.15, 0.2) is 36.9 Å². The summed E-state index contributed by atoms with van der Waals surface area (Å²) in [7, 11) is 0. The number of rotatable bonds is 6. The number of allylic oxidation sites excluding steroid dienone is 1. The molecule has 0 aliphatic rings. The Morgan fingerprint density at radius 1 is 1.33 bits per heavy atom. The average molecular weight is 321 g/mol. The Bertz CT molecular complexity index is 239. The number of unbranched alkanes of at least 4 members (excludes halogenated alkanes) is 2. The molecular weight excluding hydrogens is 305 g/mol. The zero-order chi connectivity index (χ0) is 11.4. The van der Waals surface area contributed by atoms with E-state index < -0.39 is 0 Å². The molecule has 1 rings (SSSR count). The van der Waals surface area contributed by atoms with Crippen molar-refractivity contribution in [3.8, 4) is 5.75 Å². The molecule has 0 N–H and O–H groups in total. The molecule has 0 fully saturated rings. The molecule has 0 radical (unpaired) electrons. The molecule has 0 saturated carbocycles. The van der Waals surface area contributed by atoms with Crippen LogP contribution >= 0.6 is 13.6 Å². The molecule has 0 heterocycles. The van der Waals surface area contributed by atoms with Gasteiger partial charge in [0.15, 0.2) is 0 Å². The second-order valence-corrected chi connectivity index (χ2v) is 2.87. The van der Waals surface area contributed by atoms with E-state index in [4.69, 9.17) is 4.74 Å². The number of halogens is 1. The fourth-order valence-corrected chi connectivity index (χ4v) is 1.05. The van der Waals surface area contributed by atoms with E-state index >= 15 is 0 Å². The summed E-state index contributed by atoms with van der Waals surface area (Å²) < 4.78 is 5.50. The predicted molar refractivity (Wildman–Crippen MR) is 63.7 cm³/mol. The molecule has 0 saturated heterocycles. The van der Waals surface area contributed by atoms with Gasteiger partial charge >= 0.3 is 30.0 Å². The maximum atomic E-state index is 5.50. The maximum absolute atomic E-state index is 5.50. The third-order valence-corrected chi connectivity index (χ3v) is 1.76. The number of hydrogen-bond donors (Lipinski definition) is 0. The van der Waals surface area contributed by atoms with Gasteiger partial charge in [-0.3, -0.25) is 0 Å².